The zero-order valence-corrected chi connectivity index (χ0v) is 10.5. The van der Waals surface area contributed by atoms with Crippen LogP contribution in [-0.2, 0) is 0 Å². The highest BCUT2D eigenvalue weighted by atomic mass is 16.6. The molecular formula is C11H7N5O5. The number of aromatic nitrogens is 1. The topological polar surface area (TPSA) is 159 Å². The molecule has 1 aromatic heterocycles. The van der Waals surface area contributed by atoms with Crippen LogP contribution in [0.5, 0.6) is 0 Å². The molecule has 0 unspecified atom stereocenters. The Morgan fingerprint density at radius 2 is 1.95 bits per heavy atom. The van der Waals surface area contributed by atoms with Crippen LogP contribution < -0.4 is 5.49 Å². The largest absolute Gasteiger partial charge is 0.426 e. The summed E-state index contributed by atoms with van der Waals surface area (Å²) in [4.78, 5) is 20.1. The van der Waals surface area contributed by atoms with E-state index in [2.05, 4.69) is 0 Å². The van der Waals surface area contributed by atoms with Crippen molar-refractivity contribution in [2.75, 3.05) is 0 Å². The van der Waals surface area contributed by atoms with Crippen LogP contribution in [0.15, 0.2) is 12.1 Å². The number of hydrogen-bond donors (Lipinski definition) is 2. The Morgan fingerprint density at radius 1 is 1.33 bits per heavy atom. The van der Waals surface area contributed by atoms with Gasteiger partial charge in [-0.2, -0.15) is 9.99 Å². The van der Waals surface area contributed by atoms with E-state index in [0.29, 0.717) is 4.73 Å². The zero-order valence-electron chi connectivity index (χ0n) is 10.5. The number of nitrogens with one attached hydrogen (secondary N) is 1. The molecule has 1 aromatic carbocycles. The van der Waals surface area contributed by atoms with E-state index in [4.69, 9.17) is 10.7 Å². The highest BCUT2D eigenvalue weighted by molar-refractivity contribution is 5.90. The normalized spacial score (nSPS) is 10.3. The molecule has 0 radical (unpaired) electrons. The van der Waals surface area contributed by atoms with Crippen molar-refractivity contribution in [1.82, 2.24) is 4.73 Å². The van der Waals surface area contributed by atoms with Crippen molar-refractivity contribution < 1.29 is 15.1 Å². The minimum atomic E-state index is -0.922. The lowest BCUT2D eigenvalue weighted by atomic mass is 10.1. The van der Waals surface area contributed by atoms with Crippen LogP contribution in [-0.4, -0.2) is 19.8 Å². The Hall–Kier alpha value is -3.48. The molecule has 0 saturated heterocycles. The Kier molecular flexibility index (Phi) is 3.03. The molecule has 0 aliphatic carbocycles. The van der Waals surface area contributed by atoms with Crippen LogP contribution in [0.25, 0.3) is 10.9 Å². The molecule has 0 aliphatic heterocycles. The van der Waals surface area contributed by atoms with Crippen molar-refractivity contribution in [3.05, 3.63) is 49.0 Å². The van der Waals surface area contributed by atoms with Crippen LogP contribution in [0.4, 0.5) is 11.4 Å². The number of nitriles is 1. The molecule has 0 fully saturated rings. The van der Waals surface area contributed by atoms with Crippen LogP contribution >= 0.6 is 0 Å². The first-order valence-corrected chi connectivity index (χ1v) is 5.45. The van der Waals surface area contributed by atoms with E-state index in [1.54, 1.807) is 6.07 Å². The van der Waals surface area contributed by atoms with E-state index < -0.39 is 26.7 Å². The first-order valence-electron chi connectivity index (χ1n) is 5.45. The summed E-state index contributed by atoms with van der Waals surface area (Å²) in [5, 5.41) is 48.3. The second kappa shape index (κ2) is 4.57. The number of pyridine rings is 1. The van der Waals surface area contributed by atoms with Gasteiger partial charge in [-0.05, 0) is 13.0 Å². The summed E-state index contributed by atoms with van der Waals surface area (Å²) in [5.41, 5.74) is -2.57. The van der Waals surface area contributed by atoms with Crippen LogP contribution in [0, 0.1) is 43.9 Å². The summed E-state index contributed by atoms with van der Waals surface area (Å²) >= 11 is 0. The Morgan fingerprint density at radius 3 is 2.43 bits per heavy atom. The van der Waals surface area contributed by atoms with Gasteiger partial charge in [0.25, 0.3) is 0 Å². The minimum Gasteiger partial charge on any atom is -0.426 e. The van der Waals surface area contributed by atoms with Gasteiger partial charge in [0.05, 0.1) is 26.5 Å². The molecule has 0 aliphatic rings. The highest BCUT2D eigenvalue weighted by Gasteiger charge is 2.30. The van der Waals surface area contributed by atoms with Gasteiger partial charge in [-0.1, -0.05) is 0 Å². The second-order valence-electron chi connectivity index (χ2n) is 4.15. The molecule has 0 bridgehead atoms. The minimum absolute atomic E-state index is 0.0554. The van der Waals surface area contributed by atoms with Crippen LogP contribution in [0.2, 0.25) is 0 Å². The van der Waals surface area contributed by atoms with Gasteiger partial charge in [0.2, 0.25) is 0 Å². The molecule has 2 aromatic rings. The summed E-state index contributed by atoms with van der Waals surface area (Å²) in [6, 6.07) is 3.72. The van der Waals surface area contributed by atoms with Crippen molar-refractivity contribution in [2.24, 2.45) is 0 Å². The van der Waals surface area contributed by atoms with E-state index in [1.807, 2.05) is 0 Å². The molecule has 2 N–H and O–H groups in total. The van der Waals surface area contributed by atoms with E-state index in [-0.39, 0.29) is 22.0 Å². The van der Waals surface area contributed by atoms with Crippen molar-refractivity contribution in [3.63, 3.8) is 0 Å². The fourth-order valence-corrected chi connectivity index (χ4v) is 2.10. The van der Waals surface area contributed by atoms with E-state index in [9.17, 15) is 25.4 Å². The number of benzene rings is 1. The summed E-state index contributed by atoms with van der Waals surface area (Å²) in [7, 11) is 0. The number of rotatable bonds is 2. The number of fused-ring (bicyclic) bond motifs is 1. The smallest absolute Gasteiger partial charge is 0.351 e. The summed E-state index contributed by atoms with van der Waals surface area (Å²) in [6.45, 7) is 1.23. The van der Waals surface area contributed by atoms with Gasteiger partial charge in [-0.15, -0.1) is 0 Å². The van der Waals surface area contributed by atoms with Gasteiger partial charge in [0.1, 0.15) is 6.07 Å². The molecule has 0 spiro atoms. The second-order valence-corrected chi connectivity index (χ2v) is 4.15. The van der Waals surface area contributed by atoms with Crippen LogP contribution in [0.3, 0.4) is 0 Å². The lowest BCUT2D eigenvalue weighted by Gasteiger charge is -2.09. The van der Waals surface area contributed by atoms with Gasteiger partial charge in [0, 0.05) is 11.5 Å². The van der Waals surface area contributed by atoms with Crippen LogP contribution in [0.1, 0.15) is 11.1 Å². The molecule has 21 heavy (non-hydrogen) atoms. The number of hydrogen-bond acceptors (Lipinski definition) is 7. The third-order valence-corrected chi connectivity index (χ3v) is 3.00. The monoisotopic (exact) mass is 289 g/mol. The highest BCUT2D eigenvalue weighted by Crippen LogP contribution is 2.35. The molecule has 0 amide bonds. The molecule has 10 nitrogen and oxygen atoms in total. The lowest BCUT2D eigenvalue weighted by Crippen LogP contribution is -2.22. The molecule has 2 rings (SSSR count). The third kappa shape index (κ3) is 1.93. The molecule has 0 saturated carbocycles. The van der Waals surface area contributed by atoms with Crippen molar-refractivity contribution in [2.45, 2.75) is 6.92 Å². The van der Waals surface area contributed by atoms with Crippen molar-refractivity contribution in [1.29, 1.82) is 10.7 Å². The van der Waals surface area contributed by atoms with Gasteiger partial charge in [0.15, 0.2) is 5.49 Å². The lowest BCUT2D eigenvalue weighted by molar-refractivity contribution is -0.422. The maximum absolute atomic E-state index is 11.0. The number of nitro benzene ring substituents is 2. The van der Waals surface area contributed by atoms with Gasteiger partial charge in [-0.3, -0.25) is 25.6 Å². The Bertz CT molecular complexity index is 908. The van der Waals surface area contributed by atoms with Gasteiger partial charge in [-0.25, -0.2) is 0 Å². The first kappa shape index (κ1) is 13.9. The number of nitro groups is 2. The molecule has 106 valence electrons. The summed E-state index contributed by atoms with van der Waals surface area (Å²) < 4.78 is 0.306. The fourth-order valence-electron chi connectivity index (χ4n) is 2.10. The zero-order chi connectivity index (χ0) is 15.9. The van der Waals surface area contributed by atoms with E-state index in [0.717, 1.165) is 12.1 Å². The third-order valence-electron chi connectivity index (χ3n) is 3.00. The molecular weight excluding hydrogens is 282 g/mol. The Balaban J connectivity index is 3.12. The number of nitrogens with zero attached hydrogens (tertiary/aromatic N) is 4. The maximum Gasteiger partial charge on any atom is 0.351 e. The maximum atomic E-state index is 11.0. The number of aryl methyl sites for hydroxylation is 1. The van der Waals surface area contributed by atoms with Gasteiger partial charge >= 0.3 is 11.4 Å². The fraction of sp³-hybridized carbons (Fsp3) is 0.0909. The standard InChI is InChI=1S/C11H7N5O5/c1-5-9-6(2-7(4-12)11(13)14(9)17)3-8(15(18)19)10(5)16(20)21/h2-3,13,17H,1H3. The average molecular weight is 289 g/mol. The predicted molar refractivity (Wildman–Crippen MR) is 67.7 cm³/mol. The molecule has 1 heterocycles. The predicted octanol–water partition coefficient (Wildman–Crippen LogP) is 1.35. The Labute approximate surface area is 115 Å². The average Bonchev–Trinajstić information content (AvgIpc) is 2.41. The SMILES string of the molecule is Cc1c([N+](=O)[O-])c([N+](=O)[O-])cc2cc(C#N)c(=N)n(O)c12. The first-order chi connectivity index (χ1) is 9.79. The van der Waals surface area contributed by atoms with Crippen molar-refractivity contribution >= 4 is 22.3 Å². The summed E-state index contributed by atoms with van der Waals surface area (Å²) in [5.74, 6) is 0. The molecule has 10 heteroatoms. The molecule has 0 atom stereocenters. The van der Waals surface area contributed by atoms with Crippen molar-refractivity contribution in [3.8, 4) is 6.07 Å². The van der Waals surface area contributed by atoms with Gasteiger partial charge < -0.3 is 5.21 Å². The summed E-state index contributed by atoms with van der Waals surface area (Å²) in [6.07, 6.45) is 0. The van der Waals surface area contributed by atoms with E-state index >= 15 is 0 Å². The van der Waals surface area contributed by atoms with E-state index in [1.165, 1.54) is 6.92 Å². The quantitative estimate of drug-likeness (QED) is 0.482.